The molecule has 74 valence electrons. The van der Waals surface area contributed by atoms with Crippen molar-refractivity contribution < 1.29 is 12.6 Å². The van der Waals surface area contributed by atoms with Gasteiger partial charge in [0.25, 0.3) is 10.1 Å². The maximum absolute atomic E-state index is 10.5. The monoisotopic (exact) mass is 210 g/mol. The molecule has 3 nitrogen and oxygen atoms in total. The Balaban J connectivity index is 3.76. The van der Waals surface area contributed by atoms with Crippen LogP contribution in [0.4, 0.5) is 0 Å². The van der Waals surface area contributed by atoms with Crippen molar-refractivity contribution in [1.82, 2.24) is 0 Å². The van der Waals surface area contributed by atoms with Gasteiger partial charge in [-0.05, 0) is 18.8 Å². The SMILES string of the molecule is CC#CC#CCC#CCOS(C)(=O)=O. The molecule has 0 aromatic carbocycles. The lowest BCUT2D eigenvalue weighted by molar-refractivity contribution is 0.368. The number of hydrogen-bond donors (Lipinski definition) is 0. The molecular weight excluding hydrogens is 200 g/mol. The third-order valence-electron chi connectivity index (χ3n) is 0.923. The van der Waals surface area contributed by atoms with Crippen LogP contribution in [0.15, 0.2) is 0 Å². The molecule has 0 bridgehead atoms. The van der Waals surface area contributed by atoms with E-state index in [2.05, 4.69) is 39.7 Å². The van der Waals surface area contributed by atoms with Crippen LogP contribution in [-0.4, -0.2) is 21.3 Å². The number of hydrogen-bond acceptors (Lipinski definition) is 3. The minimum atomic E-state index is -3.39. The quantitative estimate of drug-likeness (QED) is 0.489. The molecule has 0 rings (SSSR count). The van der Waals surface area contributed by atoms with Gasteiger partial charge in [0, 0.05) is 0 Å². The van der Waals surface area contributed by atoms with Gasteiger partial charge in [-0.2, -0.15) is 8.42 Å². The first kappa shape index (κ1) is 12.6. The predicted octanol–water partition coefficient (Wildman–Crippen LogP) is 0.383. The van der Waals surface area contributed by atoms with E-state index in [1.807, 2.05) is 0 Å². The summed E-state index contributed by atoms with van der Waals surface area (Å²) in [5, 5.41) is 0. The van der Waals surface area contributed by atoms with Gasteiger partial charge in [-0.15, -0.1) is 0 Å². The van der Waals surface area contributed by atoms with E-state index in [9.17, 15) is 8.42 Å². The lowest BCUT2D eigenvalue weighted by atomic mass is 10.4. The fourth-order valence-electron chi connectivity index (χ4n) is 0.445. The van der Waals surface area contributed by atoms with Crippen molar-refractivity contribution in [3.63, 3.8) is 0 Å². The van der Waals surface area contributed by atoms with Crippen LogP contribution in [0.3, 0.4) is 0 Å². The van der Waals surface area contributed by atoms with Gasteiger partial charge in [0.1, 0.15) is 6.61 Å². The van der Waals surface area contributed by atoms with Crippen LogP contribution in [0.5, 0.6) is 0 Å². The Morgan fingerprint density at radius 2 is 1.86 bits per heavy atom. The second kappa shape index (κ2) is 7.04. The van der Waals surface area contributed by atoms with E-state index in [-0.39, 0.29) is 6.61 Å². The van der Waals surface area contributed by atoms with Crippen molar-refractivity contribution >= 4 is 10.1 Å². The van der Waals surface area contributed by atoms with Crippen molar-refractivity contribution in [1.29, 1.82) is 0 Å². The molecule has 0 aliphatic heterocycles. The summed E-state index contributed by atoms with van der Waals surface area (Å²) >= 11 is 0. The van der Waals surface area contributed by atoms with Gasteiger partial charge in [-0.1, -0.05) is 23.7 Å². The second-order valence-electron chi connectivity index (χ2n) is 2.17. The van der Waals surface area contributed by atoms with Crippen molar-refractivity contribution in [3.8, 4) is 35.5 Å². The highest BCUT2D eigenvalue weighted by molar-refractivity contribution is 7.85. The van der Waals surface area contributed by atoms with E-state index in [0.29, 0.717) is 6.42 Å². The fourth-order valence-corrected chi connectivity index (χ4v) is 0.718. The van der Waals surface area contributed by atoms with Crippen LogP contribution in [0, 0.1) is 35.5 Å². The summed E-state index contributed by atoms with van der Waals surface area (Å²) < 4.78 is 25.3. The average molecular weight is 210 g/mol. The summed E-state index contributed by atoms with van der Waals surface area (Å²) in [6.45, 7) is 1.57. The molecule has 0 amide bonds. The number of rotatable bonds is 2. The van der Waals surface area contributed by atoms with Crippen LogP contribution in [-0.2, 0) is 14.3 Å². The van der Waals surface area contributed by atoms with E-state index in [1.54, 1.807) is 6.92 Å². The summed E-state index contributed by atoms with van der Waals surface area (Å²) in [4.78, 5) is 0. The zero-order valence-corrected chi connectivity index (χ0v) is 8.86. The van der Waals surface area contributed by atoms with Gasteiger partial charge in [0.15, 0.2) is 0 Å². The molecule has 0 aliphatic carbocycles. The molecule has 0 aromatic rings. The van der Waals surface area contributed by atoms with Gasteiger partial charge in [-0.25, -0.2) is 0 Å². The fraction of sp³-hybridized carbons (Fsp3) is 0.400. The molecule has 0 spiro atoms. The van der Waals surface area contributed by atoms with Gasteiger partial charge in [-0.3, -0.25) is 4.18 Å². The van der Waals surface area contributed by atoms with Gasteiger partial charge >= 0.3 is 0 Å². The molecule has 0 aliphatic rings. The molecule has 0 N–H and O–H groups in total. The highest BCUT2D eigenvalue weighted by atomic mass is 32.2. The van der Waals surface area contributed by atoms with Crippen LogP contribution >= 0.6 is 0 Å². The van der Waals surface area contributed by atoms with Crippen LogP contribution in [0.1, 0.15) is 13.3 Å². The van der Waals surface area contributed by atoms with E-state index in [1.165, 1.54) is 0 Å². The molecule has 0 saturated heterocycles. The van der Waals surface area contributed by atoms with Gasteiger partial charge in [0.05, 0.1) is 12.7 Å². The van der Waals surface area contributed by atoms with Gasteiger partial charge < -0.3 is 0 Å². The molecular formula is C10H10O3S. The standard InChI is InChI=1S/C10H10O3S/c1-3-4-5-6-7-8-9-10-13-14(2,11)12/h7,10H2,1-2H3. The van der Waals surface area contributed by atoms with Crippen molar-refractivity contribution in [2.24, 2.45) is 0 Å². The molecule has 0 fully saturated rings. The van der Waals surface area contributed by atoms with Crippen LogP contribution < -0.4 is 0 Å². The van der Waals surface area contributed by atoms with Gasteiger partial charge in [0.2, 0.25) is 0 Å². The summed E-state index contributed by atoms with van der Waals surface area (Å²) in [5.41, 5.74) is 0. The first-order valence-electron chi connectivity index (χ1n) is 3.76. The average Bonchev–Trinajstić information content (AvgIpc) is 2.08. The maximum Gasteiger partial charge on any atom is 0.265 e. The molecule has 0 unspecified atom stereocenters. The Morgan fingerprint density at radius 3 is 2.43 bits per heavy atom. The molecule has 4 heteroatoms. The Bertz CT molecular complexity index is 441. The summed E-state index contributed by atoms with van der Waals surface area (Å²) in [7, 11) is -3.39. The highest BCUT2D eigenvalue weighted by Crippen LogP contribution is 1.83. The zero-order chi connectivity index (χ0) is 10.9. The normalized spacial score (nSPS) is 8.43. The molecule has 0 radical (unpaired) electrons. The molecule has 0 aromatic heterocycles. The third-order valence-corrected chi connectivity index (χ3v) is 1.47. The van der Waals surface area contributed by atoms with E-state index in [4.69, 9.17) is 0 Å². The maximum atomic E-state index is 10.5. The first-order valence-corrected chi connectivity index (χ1v) is 5.57. The first-order chi connectivity index (χ1) is 6.56. The van der Waals surface area contributed by atoms with E-state index >= 15 is 0 Å². The predicted molar refractivity (Wildman–Crippen MR) is 54.4 cm³/mol. The smallest absolute Gasteiger partial charge is 0.257 e. The minimum absolute atomic E-state index is 0.125. The van der Waals surface area contributed by atoms with Crippen LogP contribution in [0.2, 0.25) is 0 Å². The zero-order valence-electron chi connectivity index (χ0n) is 8.05. The highest BCUT2D eigenvalue weighted by Gasteiger charge is 1.96. The molecule has 0 saturated carbocycles. The topological polar surface area (TPSA) is 43.4 Å². The van der Waals surface area contributed by atoms with Crippen molar-refractivity contribution in [3.05, 3.63) is 0 Å². The van der Waals surface area contributed by atoms with Crippen molar-refractivity contribution in [2.75, 3.05) is 12.9 Å². The molecule has 0 heterocycles. The Hall–Kier alpha value is -1.41. The summed E-state index contributed by atoms with van der Waals surface area (Å²) in [5.74, 6) is 15.6. The van der Waals surface area contributed by atoms with E-state index < -0.39 is 10.1 Å². The Morgan fingerprint density at radius 1 is 1.14 bits per heavy atom. The lowest BCUT2D eigenvalue weighted by Crippen LogP contribution is -2.02. The Kier molecular flexibility index (Phi) is 6.33. The summed E-state index contributed by atoms with van der Waals surface area (Å²) in [6, 6.07) is 0. The van der Waals surface area contributed by atoms with Crippen LogP contribution in [0.25, 0.3) is 0 Å². The molecule has 0 atom stereocenters. The second-order valence-corrected chi connectivity index (χ2v) is 3.82. The van der Waals surface area contributed by atoms with Crippen molar-refractivity contribution in [2.45, 2.75) is 13.3 Å². The minimum Gasteiger partial charge on any atom is -0.257 e. The third kappa shape index (κ3) is 10.6. The largest absolute Gasteiger partial charge is 0.265 e. The molecule has 14 heavy (non-hydrogen) atoms. The lowest BCUT2D eigenvalue weighted by Gasteiger charge is -1.91. The summed E-state index contributed by atoms with van der Waals surface area (Å²) in [6.07, 6.45) is 1.34. The Labute approximate surface area is 85.0 Å². The van der Waals surface area contributed by atoms with E-state index in [0.717, 1.165) is 6.26 Å².